The van der Waals surface area contributed by atoms with E-state index in [9.17, 15) is 22.8 Å². The van der Waals surface area contributed by atoms with E-state index in [-0.39, 0.29) is 31.3 Å². The number of ether oxygens (including phenoxy) is 1. The van der Waals surface area contributed by atoms with Crippen LogP contribution in [0.25, 0.3) is 11.3 Å². The van der Waals surface area contributed by atoms with Gasteiger partial charge in [-0.25, -0.2) is 23.0 Å². The van der Waals surface area contributed by atoms with Crippen LogP contribution in [0.3, 0.4) is 0 Å². The molecule has 1 fully saturated rings. The number of carbonyl (C=O) groups excluding carboxylic acids is 2. The number of likely N-dealkylation sites (tertiary alicyclic amines) is 1. The first kappa shape index (κ1) is 27.2. The first-order valence-corrected chi connectivity index (χ1v) is 12.6. The minimum atomic E-state index is -0.731. The van der Waals surface area contributed by atoms with Crippen LogP contribution in [0.2, 0.25) is 0 Å². The molecule has 5 rings (SSSR count). The highest BCUT2D eigenvalue weighted by molar-refractivity contribution is 5.79. The molecule has 40 heavy (non-hydrogen) atoms. The van der Waals surface area contributed by atoms with Gasteiger partial charge in [-0.2, -0.15) is 10.2 Å². The summed E-state index contributed by atoms with van der Waals surface area (Å²) in [5, 5.41) is 9.74. The molecule has 210 valence electrons. The molecule has 2 aliphatic rings. The summed E-state index contributed by atoms with van der Waals surface area (Å²) in [4.78, 5) is 32.4. The molecule has 13 heteroatoms. The molecule has 1 atom stereocenters. The second-order valence-corrected chi connectivity index (χ2v) is 10.0. The number of carbonyl (C=O) groups is 2. The number of amides is 3. The topological polar surface area (TPSA) is 96.2 Å². The van der Waals surface area contributed by atoms with Crippen molar-refractivity contribution in [3.63, 3.8) is 0 Å². The maximum Gasteiger partial charge on any atom is 0.341 e. The van der Waals surface area contributed by atoms with Crippen LogP contribution in [-0.2, 0) is 11.3 Å². The van der Waals surface area contributed by atoms with Gasteiger partial charge in [-0.15, -0.1) is 0 Å². The molecule has 0 saturated carbocycles. The van der Waals surface area contributed by atoms with Gasteiger partial charge in [0.15, 0.2) is 11.6 Å². The summed E-state index contributed by atoms with van der Waals surface area (Å²) in [5.41, 5.74) is 2.76. The molecular formula is C27H28F3N7O3. The van der Waals surface area contributed by atoms with E-state index in [0.717, 1.165) is 12.3 Å². The molecule has 3 amide bonds. The second kappa shape index (κ2) is 10.6. The molecule has 10 nitrogen and oxygen atoms in total. The number of hydrazone groups is 1. The number of aromatic nitrogens is 3. The van der Waals surface area contributed by atoms with E-state index < -0.39 is 35.6 Å². The molecule has 1 saturated heterocycles. The Balaban J connectivity index is 1.26. The lowest BCUT2D eigenvalue weighted by Gasteiger charge is -2.41. The van der Waals surface area contributed by atoms with Gasteiger partial charge in [0, 0.05) is 50.1 Å². The van der Waals surface area contributed by atoms with Gasteiger partial charge in [0.05, 0.1) is 36.7 Å². The maximum absolute atomic E-state index is 14.7. The monoisotopic (exact) mass is 555 g/mol. The van der Waals surface area contributed by atoms with Gasteiger partial charge in [-0.05, 0) is 31.5 Å². The molecule has 2 aliphatic heterocycles. The van der Waals surface area contributed by atoms with E-state index in [0.29, 0.717) is 34.6 Å². The van der Waals surface area contributed by atoms with Crippen LogP contribution in [0.1, 0.15) is 29.4 Å². The third-order valence-corrected chi connectivity index (χ3v) is 6.95. The zero-order valence-corrected chi connectivity index (χ0v) is 22.4. The molecule has 0 N–H and O–H groups in total. The van der Waals surface area contributed by atoms with Gasteiger partial charge in [0.2, 0.25) is 5.91 Å². The number of benzene rings is 1. The van der Waals surface area contributed by atoms with E-state index in [1.807, 2.05) is 6.92 Å². The van der Waals surface area contributed by atoms with Crippen molar-refractivity contribution in [2.24, 2.45) is 5.10 Å². The Morgan fingerprint density at radius 1 is 1.07 bits per heavy atom. The van der Waals surface area contributed by atoms with Crippen molar-refractivity contribution in [3.05, 3.63) is 64.9 Å². The lowest BCUT2D eigenvalue weighted by atomic mass is 10.0. The van der Waals surface area contributed by atoms with Crippen LogP contribution in [0.15, 0.2) is 35.6 Å². The number of pyridine rings is 1. The minimum absolute atomic E-state index is 0.0228. The van der Waals surface area contributed by atoms with Crippen LogP contribution in [0.5, 0.6) is 5.75 Å². The van der Waals surface area contributed by atoms with E-state index in [1.54, 1.807) is 25.7 Å². The zero-order chi connectivity index (χ0) is 28.7. The molecule has 0 unspecified atom stereocenters. The van der Waals surface area contributed by atoms with Crippen LogP contribution in [0.4, 0.5) is 18.0 Å². The molecule has 2 aromatic heterocycles. The number of hydrogen-bond donors (Lipinski definition) is 0. The molecule has 0 radical (unpaired) electrons. The first-order chi connectivity index (χ1) is 19.0. The Bertz CT molecular complexity index is 1480. The number of nitrogens with zero attached hydrogens (tertiary/aromatic N) is 7. The molecule has 1 aromatic carbocycles. The summed E-state index contributed by atoms with van der Waals surface area (Å²) in [6.07, 6.45) is 2.43. The predicted octanol–water partition coefficient (Wildman–Crippen LogP) is 3.68. The highest BCUT2D eigenvalue weighted by atomic mass is 19.1. The van der Waals surface area contributed by atoms with Crippen LogP contribution < -0.4 is 4.74 Å². The Morgan fingerprint density at radius 2 is 1.77 bits per heavy atom. The van der Waals surface area contributed by atoms with Crippen molar-refractivity contribution in [3.8, 4) is 17.0 Å². The van der Waals surface area contributed by atoms with Gasteiger partial charge in [0.1, 0.15) is 24.3 Å². The fourth-order valence-electron chi connectivity index (χ4n) is 4.77. The third kappa shape index (κ3) is 5.23. The quantitative estimate of drug-likeness (QED) is 0.463. The van der Waals surface area contributed by atoms with Crippen molar-refractivity contribution in [2.75, 3.05) is 27.2 Å². The number of hydrogen-bond acceptors (Lipinski definition) is 6. The normalized spacial score (nSPS) is 16.8. The Hall–Kier alpha value is -4.42. The average Bonchev–Trinajstić information content (AvgIpc) is 3.46. The minimum Gasteiger partial charge on any atom is -0.483 e. The van der Waals surface area contributed by atoms with Crippen LogP contribution >= 0.6 is 0 Å². The SMILES string of the molecule is Cc1nn(CC(=O)N(C)C)c(C)c1-c1cc(OC2CN(C(=O)N3N=CC[C@H]3c3cc(F)cc(F)c3)C2)c(F)cn1. The number of likely N-dealkylation sites (N-methyl/N-ethyl adjacent to an activating group) is 1. The molecule has 0 aliphatic carbocycles. The molecule has 4 heterocycles. The summed E-state index contributed by atoms with van der Waals surface area (Å²) >= 11 is 0. The lowest BCUT2D eigenvalue weighted by Crippen LogP contribution is -2.58. The van der Waals surface area contributed by atoms with Crippen molar-refractivity contribution in [2.45, 2.75) is 39.0 Å². The Labute approximate surface area is 228 Å². The average molecular weight is 556 g/mol. The first-order valence-electron chi connectivity index (χ1n) is 12.6. The third-order valence-electron chi connectivity index (χ3n) is 6.95. The van der Waals surface area contributed by atoms with Crippen LogP contribution in [0, 0.1) is 31.3 Å². The summed E-state index contributed by atoms with van der Waals surface area (Å²) in [6, 6.07) is 3.55. The van der Waals surface area contributed by atoms with Gasteiger partial charge < -0.3 is 14.5 Å². The van der Waals surface area contributed by atoms with Crippen molar-refractivity contribution in [1.82, 2.24) is 29.6 Å². The summed E-state index contributed by atoms with van der Waals surface area (Å²) < 4.78 is 49.6. The summed E-state index contributed by atoms with van der Waals surface area (Å²) in [6.45, 7) is 4.01. The maximum atomic E-state index is 14.7. The fourth-order valence-corrected chi connectivity index (χ4v) is 4.77. The van der Waals surface area contributed by atoms with E-state index in [2.05, 4.69) is 15.2 Å². The summed E-state index contributed by atoms with van der Waals surface area (Å²) in [7, 11) is 3.33. The predicted molar refractivity (Wildman–Crippen MR) is 139 cm³/mol. The van der Waals surface area contributed by atoms with Gasteiger partial charge in [0.25, 0.3) is 0 Å². The molecule has 3 aromatic rings. The fraction of sp³-hybridized carbons (Fsp3) is 0.370. The smallest absolute Gasteiger partial charge is 0.341 e. The molecule has 0 bridgehead atoms. The number of halogens is 3. The van der Waals surface area contributed by atoms with Gasteiger partial charge in [-0.3, -0.25) is 14.5 Å². The van der Waals surface area contributed by atoms with E-state index >= 15 is 0 Å². The van der Waals surface area contributed by atoms with Crippen molar-refractivity contribution < 1.29 is 27.5 Å². The van der Waals surface area contributed by atoms with Crippen molar-refractivity contribution in [1.29, 1.82) is 0 Å². The largest absolute Gasteiger partial charge is 0.483 e. The van der Waals surface area contributed by atoms with Gasteiger partial charge in [-0.1, -0.05) is 0 Å². The van der Waals surface area contributed by atoms with E-state index in [1.165, 1.54) is 39.2 Å². The standard InChI is InChI=1S/C27H28F3N7O3/c1-15-26(16(2)36(33-15)14-25(38)34(3)4)22-10-24(21(30)11-31-22)40-20-12-35(13-20)27(39)37-23(5-6-32-37)17-7-18(28)9-19(29)8-17/h6-11,20,23H,5,12-14H2,1-4H3/t23-/m0/s1. The molecular weight excluding hydrogens is 527 g/mol. The Morgan fingerprint density at radius 3 is 2.45 bits per heavy atom. The van der Waals surface area contributed by atoms with E-state index in [4.69, 9.17) is 4.74 Å². The van der Waals surface area contributed by atoms with Crippen LogP contribution in [-0.4, -0.2) is 81.0 Å². The highest BCUT2D eigenvalue weighted by Crippen LogP contribution is 2.33. The lowest BCUT2D eigenvalue weighted by molar-refractivity contribution is -0.129. The second-order valence-electron chi connectivity index (χ2n) is 10.0. The van der Waals surface area contributed by atoms with Crippen molar-refractivity contribution >= 4 is 18.2 Å². The zero-order valence-electron chi connectivity index (χ0n) is 22.4. The van der Waals surface area contributed by atoms with Gasteiger partial charge >= 0.3 is 6.03 Å². The highest BCUT2D eigenvalue weighted by Gasteiger charge is 2.39. The Kier molecular flexibility index (Phi) is 7.21. The number of urea groups is 1. The summed E-state index contributed by atoms with van der Waals surface area (Å²) in [5.74, 6) is -2.26. The number of aryl methyl sites for hydroxylation is 1. The molecule has 0 spiro atoms. The number of rotatable bonds is 6.